The topological polar surface area (TPSA) is 38.8 Å². The van der Waals surface area contributed by atoms with Crippen LogP contribution in [0.3, 0.4) is 0 Å². The van der Waals surface area contributed by atoms with Crippen LogP contribution in [0.5, 0.6) is 0 Å². The molecule has 0 spiro atoms. The normalized spacial score (nSPS) is 50.6. The van der Waals surface area contributed by atoms with Crippen molar-refractivity contribution >= 4 is 5.97 Å². The van der Waals surface area contributed by atoms with Crippen molar-refractivity contribution in [1.82, 2.24) is 0 Å². The van der Waals surface area contributed by atoms with Gasteiger partial charge in [0.15, 0.2) is 0 Å². The minimum absolute atomic E-state index is 0.00796. The Morgan fingerprint density at radius 2 is 2.17 bits per heavy atom. The summed E-state index contributed by atoms with van der Waals surface area (Å²) in [5, 5.41) is 0. The molecule has 1 aliphatic carbocycles. The number of esters is 1. The Bertz CT molecular complexity index is 401. The molecule has 2 fully saturated rings. The van der Waals surface area contributed by atoms with E-state index in [9.17, 15) is 4.79 Å². The first kappa shape index (κ1) is 12.2. The fourth-order valence-electron chi connectivity index (χ4n) is 3.41. The Labute approximate surface area is 109 Å². The van der Waals surface area contributed by atoms with Crippen LogP contribution in [0.2, 0.25) is 0 Å². The number of epoxide rings is 1. The molecule has 0 radical (unpaired) electrons. The molecule has 3 rings (SSSR count). The van der Waals surface area contributed by atoms with Crippen LogP contribution < -0.4 is 0 Å². The summed E-state index contributed by atoms with van der Waals surface area (Å²) in [5.74, 6) is 0.318. The lowest BCUT2D eigenvalue weighted by Crippen LogP contribution is -2.22. The van der Waals surface area contributed by atoms with Crippen molar-refractivity contribution in [2.24, 2.45) is 11.8 Å². The molecule has 0 aromatic rings. The number of hydrogen-bond acceptors (Lipinski definition) is 3. The summed E-state index contributed by atoms with van der Waals surface area (Å²) in [6.45, 7) is 6.33. The van der Waals surface area contributed by atoms with E-state index in [2.05, 4.69) is 19.9 Å². The molecule has 0 amide bonds. The van der Waals surface area contributed by atoms with E-state index in [1.54, 1.807) is 0 Å². The molecule has 0 aromatic heterocycles. The highest BCUT2D eigenvalue weighted by Gasteiger charge is 2.52. The number of fused-ring (bicyclic) bond motifs is 2. The van der Waals surface area contributed by atoms with Crippen molar-refractivity contribution in [2.75, 3.05) is 0 Å². The van der Waals surface area contributed by atoms with Gasteiger partial charge in [-0.1, -0.05) is 12.5 Å². The van der Waals surface area contributed by atoms with Crippen molar-refractivity contribution in [1.29, 1.82) is 0 Å². The van der Waals surface area contributed by atoms with E-state index in [0.29, 0.717) is 12.0 Å². The van der Waals surface area contributed by atoms with E-state index in [0.717, 1.165) is 25.7 Å². The maximum atomic E-state index is 11.7. The molecule has 2 aliphatic heterocycles. The van der Waals surface area contributed by atoms with Crippen molar-refractivity contribution in [3.8, 4) is 0 Å². The van der Waals surface area contributed by atoms with Gasteiger partial charge in [-0.2, -0.15) is 0 Å². The second-order valence-corrected chi connectivity index (χ2v) is 6.36. The molecule has 3 nitrogen and oxygen atoms in total. The molecule has 100 valence electrons. The second kappa shape index (κ2) is 4.09. The second-order valence-electron chi connectivity index (χ2n) is 6.36. The third-order valence-electron chi connectivity index (χ3n) is 4.95. The zero-order chi connectivity index (χ0) is 12.9. The molecule has 2 heterocycles. The number of hydrogen-bond donors (Lipinski definition) is 0. The maximum absolute atomic E-state index is 11.7. The Kier molecular flexibility index (Phi) is 2.77. The van der Waals surface area contributed by atoms with Gasteiger partial charge in [0.05, 0.1) is 17.6 Å². The van der Waals surface area contributed by atoms with Crippen LogP contribution in [0.25, 0.3) is 0 Å². The van der Waals surface area contributed by atoms with E-state index in [-0.39, 0.29) is 23.6 Å². The van der Waals surface area contributed by atoms with Crippen molar-refractivity contribution in [3.05, 3.63) is 11.6 Å². The molecular weight excluding hydrogens is 228 g/mol. The van der Waals surface area contributed by atoms with Gasteiger partial charge in [0.25, 0.3) is 0 Å². The first-order chi connectivity index (χ1) is 8.49. The molecule has 5 atom stereocenters. The number of allylic oxidation sites excluding steroid dienone is 1. The van der Waals surface area contributed by atoms with Crippen LogP contribution in [0.4, 0.5) is 0 Å². The molecule has 3 aliphatic rings. The van der Waals surface area contributed by atoms with Crippen molar-refractivity contribution < 1.29 is 14.3 Å². The standard InChI is InChI=1S/C15H22O3/c1-9-4-5-13-15(3,18-13)7-6-11-10(2)14(16)17-12(11)8-9/h8,10-13H,4-7H2,1-3H3/b9-8+/t10-,11-,12+,13+,15?/m0/s1. The van der Waals surface area contributed by atoms with Crippen LogP contribution in [0.1, 0.15) is 46.5 Å². The largest absolute Gasteiger partial charge is 0.458 e. The lowest BCUT2D eigenvalue weighted by molar-refractivity contribution is -0.142. The highest BCUT2D eigenvalue weighted by atomic mass is 16.6. The zero-order valence-electron chi connectivity index (χ0n) is 11.4. The SMILES string of the molecule is C/C1=C\[C@H]2OC(=O)[C@@H](C)[C@@H]2CCC2(C)O[C@@H]2CC1. The fourth-order valence-corrected chi connectivity index (χ4v) is 3.41. The summed E-state index contributed by atoms with van der Waals surface area (Å²) in [7, 11) is 0. The quantitative estimate of drug-likeness (QED) is 0.377. The van der Waals surface area contributed by atoms with E-state index < -0.39 is 0 Å². The molecule has 1 unspecified atom stereocenters. The van der Waals surface area contributed by atoms with Gasteiger partial charge in [0.2, 0.25) is 0 Å². The maximum Gasteiger partial charge on any atom is 0.309 e. The van der Waals surface area contributed by atoms with Gasteiger partial charge in [-0.05, 0) is 45.6 Å². The van der Waals surface area contributed by atoms with Crippen LogP contribution in [0.15, 0.2) is 11.6 Å². The summed E-state index contributed by atoms with van der Waals surface area (Å²) in [6.07, 6.45) is 6.80. The van der Waals surface area contributed by atoms with Gasteiger partial charge in [0.1, 0.15) is 6.10 Å². The molecule has 2 saturated heterocycles. The molecule has 3 heteroatoms. The Balaban J connectivity index is 1.83. The Morgan fingerprint density at radius 3 is 2.94 bits per heavy atom. The lowest BCUT2D eigenvalue weighted by Gasteiger charge is -2.20. The Morgan fingerprint density at radius 1 is 1.39 bits per heavy atom. The first-order valence-corrected chi connectivity index (χ1v) is 7.05. The van der Waals surface area contributed by atoms with Crippen molar-refractivity contribution in [2.45, 2.75) is 64.3 Å². The number of rotatable bonds is 0. The average molecular weight is 250 g/mol. The zero-order valence-corrected chi connectivity index (χ0v) is 11.4. The highest BCUT2D eigenvalue weighted by molar-refractivity contribution is 5.75. The van der Waals surface area contributed by atoms with Crippen LogP contribution in [0, 0.1) is 11.8 Å². The highest BCUT2D eigenvalue weighted by Crippen LogP contribution is 2.46. The molecular formula is C15H22O3. The van der Waals surface area contributed by atoms with E-state index in [4.69, 9.17) is 9.47 Å². The molecule has 0 saturated carbocycles. The van der Waals surface area contributed by atoms with Crippen molar-refractivity contribution in [3.63, 3.8) is 0 Å². The first-order valence-electron chi connectivity index (χ1n) is 7.05. The predicted molar refractivity (Wildman–Crippen MR) is 68.0 cm³/mol. The molecule has 0 bridgehead atoms. The van der Waals surface area contributed by atoms with E-state index in [1.807, 2.05) is 6.92 Å². The molecule has 0 aromatic carbocycles. The summed E-state index contributed by atoms with van der Waals surface area (Å²) >= 11 is 0. The summed E-state index contributed by atoms with van der Waals surface area (Å²) in [6, 6.07) is 0. The summed E-state index contributed by atoms with van der Waals surface area (Å²) in [5.41, 5.74) is 1.39. The van der Waals surface area contributed by atoms with Gasteiger partial charge < -0.3 is 9.47 Å². The van der Waals surface area contributed by atoms with Gasteiger partial charge in [0, 0.05) is 5.92 Å². The van der Waals surface area contributed by atoms with E-state index in [1.165, 1.54) is 5.57 Å². The molecule has 0 N–H and O–H groups in total. The fraction of sp³-hybridized carbons (Fsp3) is 0.800. The smallest absolute Gasteiger partial charge is 0.309 e. The summed E-state index contributed by atoms with van der Waals surface area (Å²) < 4.78 is 11.3. The monoisotopic (exact) mass is 250 g/mol. The number of carbonyl (C=O) groups is 1. The van der Waals surface area contributed by atoms with E-state index >= 15 is 0 Å². The third kappa shape index (κ3) is 1.99. The number of carbonyl (C=O) groups excluding carboxylic acids is 1. The molecule has 18 heavy (non-hydrogen) atoms. The van der Waals surface area contributed by atoms with Crippen LogP contribution in [-0.2, 0) is 14.3 Å². The number of ether oxygens (including phenoxy) is 2. The van der Waals surface area contributed by atoms with Gasteiger partial charge >= 0.3 is 5.97 Å². The third-order valence-corrected chi connectivity index (χ3v) is 4.95. The van der Waals surface area contributed by atoms with Gasteiger partial charge in [-0.15, -0.1) is 0 Å². The Hall–Kier alpha value is -0.830. The van der Waals surface area contributed by atoms with Gasteiger partial charge in [-0.25, -0.2) is 0 Å². The predicted octanol–water partition coefficient (Wildman–Crippen LogP) is 2.84. The summed E-state index contributed by atoms with van der Waals surface area (Å²) in [4.78, 5) is 11.7. The minimum atomic E-state index is -0.0354. The minimum Gasteiger partial charge on any atom is -0.458 e. The van der Waals surface area contributed by atoms with Crippen LogP contribution >= 0.6 is 0 Å². The van der Waals surface area contributed by atoms with Gasteiger partial charge in [-0.3, -0.25) is 4.79 Å². The van der Waals surface area contributed by atoms with Crippen LogP contribution in [-0.4, -0.2) is 23.8 Å². The lowest BCUT2D eigenvalue weighted by atomic mass is 9.82. The average Bonchev–Trinajstić information content (AvgIpc) is 2.89.